The van der Waals surface area contributed by atoms with E-state index < -0.39 is 24.7 Å². The molecule has 2 aromatic rings. The minimum absolute atomic E-state index is 0.305. The highest BCUT2D eigenvalue weighted by molar-refractivity contribution is 5.94. The lowest BCUT2D eigenvalue weighted by molar-refractivity contribution is -0.183. The third-order valence-corrected chi connectivity index (χ3v) is 4.36. The number of amides is 1. The van der Waals surface area contributed by atoms with Gasteiger partial charge in [-0.15, -0.1) is 0 Å². The number of hydrogen-bond acceptors (Lipinski definition) is 4. The van der Waals surface area contributed by atoms with Crippen molar-refractivity contribution in [2.75, 3.05) is 32.7 Å². The molecule has 0 spiro atoms. The zero-order valence-corrected chi connectivity index (χ0v) is 14.0. The third kappa shape index (κ3) is 4.41. The molecular formula is C17H20F3N5O. The Balaban J connectivity index is 1.62. The molecule has 1 saturated heterocycles. The van der Waals surface area contributed by atoms with E-state index in [0.29, 0.717) is 31.7 Å². The summed E-state index contributed by atoms with van der Waals surface area (Å²) in [6.45, 7) is 1.16. The van der Waals surface area contributed by atoms with Crippen LogP contribution in [0.1, 0.15) is 10.4 Å². The number of hydrogen-bond donors (Lipinski definition) is 2. The Morgan fingerprint density at radius 2 is 1.92 bits per heavy atom. The predicted molar refractivity (Wildman–Crippen MR) is 90.2 cm³/mol. The van der Waals surface area contributed by atoms with E-state index in [1.54, 1.807) is 47.6 Å². The highest BCUT2D eigenvalue weighted by Crippen LogP contribution is 2.24. The van der Waals surface area contributed by atoms with Gasteiger partial charge in [-0.05, 0) is 24.3 Å². The second-order valence-corrected chi connectivity index (χ2v) is 6.07. The molecule has 3 rings (SSSR count). The maximum Gasteiger partial charge on any atom is 0.405 e. The molecule has 1 aliphatic rings. The normalized spacial score (nSPS) is 17.0. The van der Waals surface area contributed by atoms with Crippen molar-refractivity contribution in [1.29, 1.82) is 0 Å². The zero-order chi connectivity index (χ0) is 18.6. The topological polar surface area (TPSA) is 62.2 Å². The van der Waals surface area contributed by atoms with Crippen LogP contribution >= 0.6 is 0 Å². The summed E-state index contributed by atoms with van der Waals surface area (Å²) in [4.78, 5) is 17.5. The molecular weight excluding hydrogens is 347 g/mol. The van der Waals surface area contributed by atoms with Gasteiger partial charge in [0.05, 0.1) is 6.33 Å². The Kier molecular flexibility index (Phi) is 5.58. The van der Waals surface area contributed by atoms with Crippen molar-refractivity contribution in [3.05, 3.63) is 48.5 Å². The van der Waals surface area contributed by atoms with Gasteiger partial charge >= 0.3 is 6.18 Å². The summed E-state index contributed by atoms with van der Waals surface area (Å²) in [7, 11) is 0. The molecule has 0 aliphatic carbocycles. The van der Waals surface area contributed by atoms with Gasteiger partial charge in [0.1, 0.15) is 6.04 Å². The summed E-state index contributed by atoms with van der Waals surface area (Å²) in [5.41, 5.74) is 1.13. The van der Waals surface area contributed by atoms with E-state index in [1.807, 2.05) is 0 Å². The first kappa shape index (κ1) is 18.4. The zero-order valence-electron chi connectivity index (χ0n) is 14.0. The van der Waals surface area contributed by atoms with Gasteiger partial charge in [-0.2, -0.15) is 13.2 Å². The number of rotatable bonds is 5. The molecule has 1 aromatic carbocycles. The Bertz CT molecular complexity index is 709. The first-order valence-corrected chi connectivity index (χ1v) is 8.33. The SMILES string of the molecule is O=C(NCC(N1CCNCC1)C(F)(F)F)c1ccc(-n2ccnc2)cc1. The Morgan fingerprint density at radius 3 is 2.50 bits per heavy atom. The van der Waals surface area contributed by atoms with E-state index in [0.717, 1.165) is 5.69 Å². The average Bonchev–Trinajstić information content (AvgIpc) is 3.16. The van der Waals surface area contributed by atoms with Gasteiger partial charge in [-0.1, -0.05) is 0 Å². The molecule has 1 fully saturated rings. The number of piperazine rings is 1. The smallest absolute Gasteiger partial charge is 0.350 e. The van der Waals surface area contributed by atoms with Crippen LogP contribution in [0.15, 0.2) is 43.0 Å². The Labute approximate surface area is 149 Å². The van der Waals surface area contributed by atoms with Crippen molar-refractivity contribution < 1.29 is 18.0 Å². The maximum absolute atomic E-state index is 13.3. The fraction of sp³-hybridized carbons (Fsp3) is 0.412. The largest absolute Gasteiger partial charge is 0.405 e. The molecule has 9 heteroatoms. The summed E-state index contributed by atoms with van der Waals surface area (Å²) >= 11 is 0. The maximum atomic E-state index is 13.3. The molecule has 1 unspecified atom stereocenters. The van der Waals surface area contributed by atoms with Crippen LogP contribution in [0, 0.1) is 0 Å². The molecule has 6 nitrogen and oxygen atoms in total. The minimum Gasteiger partial charge on any atom is -0.350 e. The monoisotopic (exact) mass is 367 g/mol. The number of aromatic nitrogens is 2. The predicted octanol–water partition coefficient (Wildman–Crippen LogP) is 1.44. The summed E-state index contributed by atoms with van der Waals surface area (Å²) in [6.07, 6.45) is 0.622. The van der Waals surface area contributed by atoms with Crippen LogP contribution in [-0.4, -0.2) is 65.3 Å². The van der Waals surface area contributed by atoms with Gasteiger partial charge in [0.2, 0.25) is 0 Å². The lowest BCUT2D eigenvalue weighted by Gasteiger charge is -2.35. The standard InChI is InChI=1S/C17H20F3N5O/c18-17(19,20)15(24-8-5-21-6-9-24)11-23-16(26)13-1-3-14(4-2-13)25-10-7-22-12-25/h1-4,7,10,12,15,21H,5-6,8-9,11H2,(H,23,26). The van der Waals surface area contributed by atoms with E-state index >= 15 is 0 Å². The molecule has 2 heterocycles. The van der Waals surface area contributed by atoms with Crippen molar-refractivity contribution >= 4 is 5.91 Å². The third-order valence-electron chi connectivity index (χ3n) is 4.36. The molecule has 0 saturated carbocycles. The van der Waals surface area contributed by atoms with Gasteiger partial charge in [0, 0.05) is 56.4 Å². The van der Waals surface area contributed by atoms with E-state index in [1.165, 1.54) is 4.90 Å². The lowest BCUT2D eigenvalue weighted by Crippen LogP contribution is -2.57. The van der Waals surface area contributed by atoms with Crippen LogP contribution < -0.4 is 10.6 Å². The molecule has 1 aliphatic heterocycles. The molecule has 1 amide bonds. The second-order valence-electron chi connectivity index (χ2n) is 6.07. The number of nitrogens with one attached hydrogen (secondary N) is 2. The minimum atomic E-state index is -4.39. The van der Waals surface area contributed by atoms with Gasteiger partial charge in [0.15, 0.2) is 0 Å². The first-order valence-electron chi connectivity index (χ1n) is 8.33. The second kappa shape index (κ2) is 7.88. The molecule has 0 radical (unpaired) electrons. The Hall–Kier alpha value is -2.39. The van der Waals surface area contributed by atoms with Crippen molar-refractivity contribution in [1.82, 2.24) is 25.1 Å². The first-order chi connectivity index (χ1) is 12.4. The van der Waals surface area contributed by atoms with Gasteiger partial charge < -0.3 is 15.2 Å². The average molecular weight is 367 g/mol. The molecule has 1 atom stereocenters. The molecule has 2 N–H and O–H groups in total. The molecule has 1 aromatic heterocycles. The number of nitrogens with zero attached hydrogens (tertiary/aromatic N) is 3. The van der Waals surface area contributed by atoms with Gasteiger partial charge in [-0.25, -0.2) is 4.98 Å². The molecule has 26 heavy (non-hydrogen) atoms. The Morgan fingerprint density at radius 1 is 1.23 bits per heavy atom. The summed E-state index contributed by atoms with van der Waals surface area (Å²) in [5, 5.41) is 5.44. The number of carbonyl (C=O) groups is 1. The molecule has 0 bridgehead atoms. The highest BCUT2D eigenvalue weighted by Gasteiger charge is 2.43. The number of imidazole rings is 1. The van der Waals surface area contributed by atoms with Crippen LogP contribution in [-0.2, 0) is 0 Å². The van der Waals surface area contributed by atoms with Crippen molar-refractivity contribution in [3.63, 3.8) is 0 Å². The van der Waals surface area contributed by atoms with Crippen molar-refractivity contribution in [3.8, 4) is 5.69 Å². The molecule has 140 valence electrons. The van der Waals surface area contributed by atoms with E-state index in [4.69, 9.17) is 0 Å². The number of carbonyl (C=O) groups excluding carboxylic acids is 1. The summed E-state index contributed by atoms with van der Waals surface area (Å²) in [6, 6.07) is 4.91. The fourth-order valence-corrected chi connectivity index (χ4v) is 2.93. The van der Waals surface area contributed by atoms with Crippen LogP contribution in [0.3, 0.4) is 0 Å². The number of benzene rings is 1. The van der Waals surface area contributed by atoms with Crippen molar-refractivity contribution in [2.24, 2.45) is 0 Å². The van der Waals surface area contributed by atoms with Crippen molar-refractivity contribution in [2.45, 2.75) is 12.2 Å². The number of alkyl halides is 3. The van der Waals surface area contributed by atoms with Crippen LogP contribution in [0.5, 0.6) is 0 Å². The number of halogens is 3. The summed E-state index contributed by atoms with van der Waals surface area (Å²) < 4.78 is 41.8. The van der Waals surface area contributed by atoms with Crippen LogP contribution in [0.2, 0.25) is 0 Å². The summed E-state index contributed by atoms with van der Waals surface area (Å²) in [5.74, 6) is -0.522. The van der Waals surface area contributed by atoms with E-state index in [9.17, 15) is 18.0 Å². The highest BCUT2D eigenvalue weighted by atomic mass is 19.4. The van der Waals surface area contributed by atoms with Gasteiger partial charge in [-0.3, -0.25) is 9.69 Å². The van der Waals surface area contributed by atoms with Crippen LogP contribution in [0.4, 0.5) is 13.2 Å². The van der Waals surface area contributed by atoms with E-state index in [-0.39, 0.29) is 0 Å². The quantitative estimate of drug-likeness (QED) is 0.840. The van der Waals surface area contributed by atoms with Crippen LogP contribution in [0.25, 0.3) is 5.69 Å². The van der Waals surface area contributed by atoms with E-state index in [2.05, 4.69) is 15.6 Å². The lowest BCUT2D eigenvalue weighted by atomic mass is 10.1. The van der Waals surface area contributed by atoms with Gasteiger partial charge in [0.25, 0.3) is 5.91 Å². The fourth-order valence-electron chi connectivity index (χ4n) is 2.93.